The fraction of sp³-hybridized carbons (Fsp3) is 0.154. The topological polar surface area (TPSA) is 46.5 Å². The van der Waals surface area contributed by atoms with Gasteiger partial charge in [-0.3, -0.25) is 4.79 Å². The molecule has 19 heavy (non-hydrogen) atoms. The summed E-state index contributed by atoms with van der Waals surface area (Å²) < 4.78 is 40.4. The third-order valence-corrected chi connectivity index (χ3v) is 2.50. The van der Waals surface area contributed by atoms with E-state index in [2.05, 4.69) is 4.74 Å². The van der Waals surface area contributed by atoms with Crippen LogP contribution in [0.4, 0.5) is 13.2 Å². The number of hydrogen-bond acceptors (Lipinski definition) is 2. The SMILES string of the molecule is O=C(O)Cc1cc(OC(F)(F)F)cc2ccccc12. The van der Waals surface area contributed by atoms with Crippen molar-refractivity contribution >= 4 is 16.7 Å². The highest BCUT2D eigenvalue weighted by Crippen LogP contribution is 2.29. The van der Waals surface area contributed by atoms with Crippen LogP contribution >= 0.6 is 0 Å². The Morgan fingerprint density at radius 3 is 2.53 bits per heavy atom. The first kappa shape index (κ1) is 13.2. The maximum atomic E-state index is 12.2. The average Bonchev–Trinajstić information content (AvgIpc) is 2.25. The van der Waals surface area contributed by atoms with Crippen LogP contribution in [0.5, 0.6) is 5.75 Å². The lowest BCUT2D eigenvalue weighted by atomic mass is 10.0. The first-order valence-electron chi connectivity index (χ1n) is 5.34. The van der Waals surface area contributed by atoms with Gasteiger partial charge in [-0.05, 0) is 28.5 Å². The molecule has 2 rings (SSSR count). The van der Waals surface area contributed by atoms with Crippen LogP contribution in [-0.2, 0) is 11.2 Å². The number of fused-ring (bicyclic) bond motifs is 1. The number of ether oxygens (including phenoxy) is 1. The van der Waals surface area contributed by atoms with Gasteiger partial charge in [0.2, 0.25) is 0 Å². The van der Waals surface area contributed by atoms with E-state index in [1.807, 2.05) is 0 Å². The van der Waals surface area contributed by atoms with E-state index in [9.17, 15) is 18.0 Å². The summed E-state index contributed by atoms with van der Waals surface area (Å²) in [7, 11) is 0. The van der Waals surface area contributed by atoms with Crippen LogP contribution in [-0.4, -0.2) is 17.4 Å². The average molecular weight is 270 g/mol. The molecule has 2 aromatic rings. The van der Waals surface area contributed by atoms with E-state index >= 15 is 0 Å². The Bertz CT molecular complexity index is 620. The Balaban J connectivity index is 2.53. The van der Waals surface area contributed by atoms with Crippen LogP contribution in [0, 0.1) is 0 Å². The molecule has 0 aliphatic rings. The summed E-state index contributed by atoms with van der Waals surface area (Å²) in [5, 5.41) is 9.88. The molecule has 1 N–H and O–H groups in total. The molecule has 0 saturated heterocycles. The van der Waals surface area contributed by atoms with Crippen molar-refractivity contribution in [3.63, 3.8) is 0 Å². The van der Waals surface area contributed by atoms with Crippen LogP contribution in [0.25, 0.3) is 10.8 Å². The lowest BCUT2D eigenvalue weighted by molar-refractivity contribution is -0.274. The Morgan fingerprint density at radius 1 is 1.21 bits per heavy atom. The van der Waals surface area contributed by atoms with Crippen molar-refractivity contribution in [3.8, 4) is 5.75 Å². The van der Waals surface area contributed by atoms with Gasteiger partial charge in [-0.15, -0.1) is 13.2 Å². The molecular formula is C13H9F3O3. The first-order chi connectivity index (χ1) is 8.85. The summed E-state index contributed by atoms with van der Waals surface area (Å²) in [6.45, 7) is 0. The van der Waals surface area contributed by atoms with Gasteiger partial charge in [-0.1, -0.05) is 24.3 Å². The van der Waals surface area contributed by atoms with E-state index in [1.165, 1.54) is 6.07 Å². The van der Waals surface area contributed by atoms with Crippen LogP contribution in [0.15, 0.2) is 36.4 Å². The van der Waals surface area contributed by atoms with Gasteiger partial charge in [0.05, 0.1) is 6.42 Å². The van der Waals surface area contributed by atoms with Gasteiger partial charge in [-0.2, -0.15) is 0 Å². The van der Waals surface area contributed by atoms with Crippen molar-refractivity contribution in [2.24, 2.45) is 0 Å². The molecule has 100 valence electrons. The summed E-state index contributed by atoms with van der Waals surface area (Å²) in [6.07, 6.45) is -5.17. The molecule has 2 aromatic carbocycles. The van der Waals surface area contributed by atoms with Crippen molar-refractivity contribution < 1.29 is 27.8 Å². The molecule has 0 aliphatic heterocycles. The standard InChI is InChI=1S/C13H9F3O3/c14-13(15,16)19-10-5-8-3-1-2-4-11(8)9(6-10)7-12(17)18/h1-6H,7H2,(H,17,18). The van der Waals surface area contributed by atoms with Crippen LogP contribution in [0.3, 0.4) is 0 Å². The van der Waals surface area contributed by atoms with Crippen molar-refractivity contribution in [1.29, 1.82) is 0 Å². The number of alkyl halides is 3. The lowest BCUT2D eigenvalue weighted by Crippen LogP contribution is -2.17. The molecule has 6 heteroatoms. The maximum absolute atomic E-state index is 12.2. The zero-order chi connectivity index (χ0) is 14.0. The number of carbonyl (C=O) groups is 1. The fourth-order valence-corrected chi connectivity index (χ4v) is 1.86. The number of aliphatic carboxylic acids is 1. The number of rotatable bonds is 3. The molecule has 0 bridgehead atoms. The molecule has 3 nitrogen and oxygen atoms in total. The quantitative estimate of drug-likeness (QED) is 0.930. The predicted octanol–water partition coefficient (Wildman–Crippen LogP) is 3.37. The maximum Gasteiger partial charge on any atom is 0.573 e. The van der Waals surface area contributed by atoms with E-state index in [0.717, 1.165) is 6.07 Å². The Hall–Kier alpha value is -2.24. The number of halogens is 3. The molecule has 0 amide bonds. The van der Waals surface area contributed by atoms with Crippen LogP contribution < -0.4 is 4.74 Å². The Kier molecular flexibility index (Phi) is 3.33. The van der Waals surface area contributed by atoms with Crippen molar-refractivity contribution in [1.82, 2.24) is 0 Å². The fourth-order valence-electron chi connectivity index (χ4n) is 1.86. The van der Waals surface area contributed by atoms with Crippen molar-refractivity contribution in [2.75, 3.05) is 0 Å². The number of benzene rings is 2. The van der Waals surface area contributed by atoms with Crippen molar-refractivity contribution in [2.45, 2.75) is 12.8 Å². The first-order valence-corrected chi connectivity index (χ1v) is 5.34. The summed E-state index contributed by atoms with van der Waals surface area (Å²) in [5.41, 5.74) is 0.282. The summed E-state index contributed by atoms with van der Waals surface area (Å²) >= 11 is 0. The minimum Gasteiger partial charge on any atom is -0.481 e. The highest BCUT2D eigenvalue weighted by atomic mass is 19.4. The molecule has 0 heterocycles. The predicted molar refractivity (Wildman–Crippen MR) is 62.0 cm³/mol. The number of hydrogen-bond donors (Lipinski definition) is 1. The molecule has 0 aliphatic carbocycles. The smallest absolute Gasteiger partial charge is 0.481 e. The van der Waals surface area contributed by atoms with Gasteiger partial charge >= 0.3 is 12.3 Å². The minimum atomic E-state index is -4.80. The molecule has 0 unspecified atom stereocenters. The zero-order valence-corrected chi connectivity index (χ0v) is 9.57. The van der Waals surface area contributed by atoms with E-state index in [1.54, 1.807) is 24.3 Å². The molecule has 0 atom stereocenters. The van der Waals surface area contributed by atoms with Gasteiger partial charge in [0.1, 0.15) is 5.75 Å². The van der Waals surface area contributed by atoms with E-state index in [-0.39, 0.29) is 12.0 Å². The summed E-state index contributed by atoms with van der Waals surface area (Å²) in [4.78, 5) is 10.7. The van der Waals surface area contributed by atoms with Crippen LogP contribution in [0.2, 0.25) is 0 Å². The van der Waals surface area contributed by atoms with Gasteiger partial charge in [0.15, 0.2) is 0 Å². The molecule has 0 fully saturated rings. The van der Waals surface area contributed by atoms with Crippen LogP contribution in [0.1, 0.15) is 5.56 Å². The Morgan fingerprint density at radius 2 is 1.89 bits per heavy atom. The summed E-state index contributed by atoms with van der Waals surface area (Å²) in [6, 6.07) is 8.94. The van der Waals surface area contributed by atoms with E-state index in [0.29, 0.717) is 10.8 Å². The zero-order valence-electron chi connectivity index (χ0n) is 9.57. The largest absolute Gasteiger partial charge is 0.573 e. The molecule has 0 saturated carbocycles. The molecule has 0 spiro atoms. The highest BCUT2D eigenvalue weighted by Gasteiger charge is 2.31. The minimum absolute atomic E-state index is 0.282. The monoisotopic (exact) mass is 270 g/mol. The number of carboxylic acid groups (broad SMARTS) is 1. The van der Waals surface area contributed by atoms with Gasteiger partial charge < -0.3 is 9.84 Å². The Labute approximate surface area is 106 Å². The third-order valence-electron chi connectivity index (χ3n) is 2.50. The molecule has 0 radical (unpaired) electrons. The second-order valence-electron chi connectivity index (χ2n) is 3.92. The molecular weight excluding hydrogens is 261 g/mol. The van der Waals surface area contributed by atoms with E-state index < -0.39 is 18.1 Å². The lowest BCUT2D eigenvalue weighted by Gasteiger charge is -2.12. The summed E-state index contributed by atoms with van der Waals surface area (Å²) in [5.74, 6) is -1.53. The van der Waals surface area contributed by atoms with Gasteiger partial charge in [-0.25, -0.2) is 0 Å². The van der Waals surface area contributed by atoms with E-state index in [4.69, 9.17) is 5.11 Å². The highest BCUT2D eigenvalue weighted by molar-refractivity contribution is 5.90. The van der Waals surface area contributed by atoms with Gasteiger partial charge in [0, 0.05) is 0 Å². The second kappa shape index (κ2) is 4.79. The van der Waals surface area contributed by atoms with Crippen molar-refractivity contribution in [3.05, 3.63) is 42.0 Å². The third kappa shape index (κ3) is 3.37. The normalized spacial score (nSPS) is 11.5. The van der Waals surface area contributed by atoms with Gasteiger partial charge in [0.25, 0.3) is 0 Å². The number of carboxylic acids is 1. The second-order valence-corrected chi connectivity index (χ2v) is 3.92. The molecule has 0 aromatic heterocycles.